The Kier molecular flexibility index (Phi) is 6.23. The van der Waals surface area contributed by atoms with Gasteiger partial charge in [0, 0.05) is 23.5 Å². The van der Waals surface area contributed by atoms with Crippen LogP contribution in [0.15, 0.2) is 36.5 Å². The highest BCUT2D eigenvalue weighted by Crippen LogP contribution is 2.28. The quantitative estimate of drug-likeness (QED) is 0.745. The zero-order chi connectivity index (χ0) is 16.7. The molecular formula is C17H20ClN3O2. The summed E-state index contributed by atoms with van der Waals surface area (Å²) in [6, 6.07) is 8.61. The van der Waals surface area contributed by atoms with Crippen molar-refractivity contribution in [2.24, 2.45) is 0 Å². The number of hydrogen-bond donors (Lipinski definition) is 2. The van der Waals surface area contributed by atoms with Gasteiger partial charge in [-0.15, -0.1) is 0 Å². The van der Waals surface area contributed by atoms with Crippen LogP contribution in [0.2, 0.25) is 5.02 Å². The van der Waals surface area contributed by atoms with Gasteiger partial charge in [0.1, 0.15) is 11.4 Å². The largest absolute Gasteiger partial charge is 0.495 e. The Morgan fingerprint density at radius 2 is 2.13 bits per heavy atom. The van der Waals surface area contributed by atoms with E-state index in [0.29, 0.717) is 22.2 Å². The number of rotatable bonds is 7. The molecule has 0 unspecified atom stereocenters. The molecule has 0 saturated heterocycles. The molecule has 0 fully saturated rings. The molecule has 6 heteroatoms. The van der Waals surface area contributed by atoms with Crippen molar-refractivity contribution >= 4 is 28.9 Å². The SMILES string of the molecule is CCCCNc1ccnc(C(=O)Nc2cc(Cl)ccc2OC)c1. The molecule has 0 radical (unpaired) electrons. The lowest BCUT2D eigenvalue weighted by Gasteiger charge is -2.11. The van der Waals surface area contributed by atoms with E-state index in [2.05, 4.69) is 22.5 Å². The number of halogens is 1. The Balaban J connectivity index is 2.11. The Morgan fingerprint density at radius 3 is 2.87 bits per heavy atom. The van der Waals surface area contributed by atoms with E-state index < -0.39 is 0 Å². The van der Waals surface area contributed by atoms with Crippen molar-refractivity contribution in [3.8, 4) is 5.75 Å². The van der Waals surface area contributed by atoms with Crippen molar-refractivity contribution in [3.63, 3.8) is 0 Å². The first kappa shape index (κ1) is 17.1. The van der Waals surface area contributed by atoms with Gasteiger partial charge >= 0.3 is 0 Å². The molecule has 0 spiro atoms. The molecule has 0 bridgehead atoms. The van der Waals surface area contributed by atoms with Crippen molar-refractivity contribution in [2.75, 3.05) is 24.3 Å². The van der Waals surface area contributed by atoms with Crippen LogP contribution >= 0.6 is 11.6 Å². The van der Waals surface area contributed by atoms with Crippen LogP contribution in [0, 0.1) is 0 Å². The Bertz CT molecular complexity index is 677. The van der Waals surface area contributed by atoms with Gasteiger partial charge in [0.2, 0.25) is 0 Å². The molecule has 5 nitrogen and oxygen atoms in total. The van der Waals surface area contributed by atoms with Gasteiger partial charge in [0.05, 0.1) is 12.8 Å². The molecule has 1 amide bonds. The number of nitrogens with zero attached hydrogens (tertiary/aromatic N) is 1. The number of carbonyl (C=O) groups excluding carboxylic acids is 1. The lowest BCUT2D eigenvalue weighted by atomic mass is 10.2. The number of methoxy groups -OCH3 is 1. The lowest BCUT2D eigenvalue weighted by molar-refractivity contribution is 0.102. The van der Waals surface area contributed by atoms with Crippen molar-refractivity contribution < 1.29 is 9.53 Å². The molecular weight excluding hydrogens is 314 g/mol. The number of pyridine rings is 1. The normalized spacial score (nSPS) is 10.2. The van der Waals surface area contributed by atoms with E-state index in [-0.39, 0.29) is 5.91 Å². The van der Waals surface area contributed by atoms with Gasteiger partial charge in [-0.2, -0.15) is 0 Å². The van der Waals surface area contributed by atoms with E-state index in [0.717, 1.165) is 25.1 Å². The minimum Gasteiger partial charge on any atom is -0.495 e. The van der Waals surface area contributed by atoms with E-state index in [1.54, 1.807) is 30.5 Å². The van der Waals surface area contributed by atoms with E-state index in [1.807, 2.05) is 6.07 Å². The average molecular weight is 334 g/mol. The van der Waals surface area contributed by atoms with Crippen LogP contribution in [0.3, 0.4) is 0 Å². The molecule has 2 aromatic rings. The summed E-state index contributed by atoms with van der Waals surface area (Å²) >= 11 is 5.97. The number of nitrogens with one attached hydrogen (secondary N) is 2. The molecule has 1 aromatic carbocycles. The molecule has 1 heterocycles. The molecule has 0 aliphatic carbocycles. The zero-order valence-corrected chi connectivity index (χ0v) is 14.0. The van der Waals surface area contributed by atoms with E-state index in [9.17, 15) is 4.79 Å². The highest BCUT2D eigenvalue weighted by atomic mass is 35.5. The van der Waals surface area contributed by atoms with Crippen LogP contribution in [0.5, 0.6) is 5.75 Å². The Morgan fingerprint density at radius 1 is 1.30 bits per heavy atom. The first-order valence-corrected chi connectivity index (χ1v) is 7.86. The fraction of sp³-hybridized carbons (Fsp3) is 0.294. The van der Waals surface area contributed by atoms with E-state index in [1.165, 1.54) is 7.11 Å². The third-order valence-corrected chi connectivity index (χ3v) is 3.50. The fourth-order valence-corrected chi connectivity index (χ4v) is 2.21. The monoisotopic (exact) mass is 333 g/mol. The predicted molar refractivity (Wildman–Crippen MR) is 93.6 cm³/mol. The summed E-state index contributed by atoms with van der Waals surface area (Å²) in [7, 11) is 1.54. The van der Waals surface area contributed by atoms with Crippen LogP contribution in [-0.2, 0) is 0 Å². The third kappa shape index (κ3) is 4.86. The lowest BCUT2D eigenvalue weighted by Crippen LogP contribution is -2.15. The molecule has 23 heavy (non-hydrogen) atoms. The summed E-state index contributed by atoms with van der Waals surface area (Å²) in [6.45, 7) is 3.00. The Labute approximate surface area is 141 Å². The van der Waals surface area contributed by atoms with Crippen LogP contribution < -0.4 is 15.4 Å². The van der Waals surface area contributed by atoms with Gasteiger partial charge in [-0.25, -0.2) is 0 Å². The number of carbonyl (C=O) groups is 1. The second-order valence-corrected chi connectivity index (χ2v) is 5.45. The second kappa shape index (κ2) is 8.39. The van der Waals surface area contributed by atoms with Crippen LogP contribution in [0.1, 0.15) is 30.3 Å². The molecule has 2 N–H and O–H groups in total. The van der Waals surface area contributed by atoms with Crippen LogP contribution in [0.25, 0.3) is 0 Å². The highest BCUT2D eigenvalue weighted by molar-refractivity contribution is 6.31. The fourth-order valence-electron chi connectivity index (χ4n) is 2.04. The molecule has 0 aliphatic heterocycles. The number of aromatic nitrogens is 1. The molecule has 0 aliphatic rings. The predicted octanol–water partition coefficient (Wildman–Crippen LogP) is 4.21. The van der Waals surface area contributed by atoms with Crippen LogP contribution in [-0.4, -0.2) is 24.5 Å². The number of benzene rings is 1. The second-order valence-electron chi connectivity index (χ2n) is 5.01. The number of ether oxygens (including phenoxy) is 1. The number of unbranched alkanes of at least 4 members (excludes halogenated alkanes) is 1. The maximum absolute atomic E-state index is 12.4. The Hall–Kier alpha value is -2.27. The minimum atomic E-state index is -0.315. The van der Waals surface area contributed by atoms with Crippen LogP contribution in [0.4, 0.5) is 11.4 Å². The molecule has 0 saturated carbocycles. The van der Waals surface area contributed by atoms with Crippen molar-refractivity contribution in [1.29, 1.82) is 0 Å². The molecule has 0 atom stereocenters. The summed E-state index contributed by atoms with van der Waals surface area (Å²) in [4.78, 5) is 16.5. The van der Waals surface area contributed by atoms with Gasteiger partial charge in [0.25, 0.3) is 5.91 Å². The van der Waals surface area contributed by atoms with Gasteiger partial charge in [-0.1, -0.05) is 24.9 Å². The number of anilines is 2. The van der Waals surface area contributed by atoms with E-state index >= 15 is 0 Å². The summed E-state index contributed by atoms with van der Waals surface area (Å²) in [6.07, 6.45) is 3.79. The van der Waals surface area contributed by atoms with Crippen molar-refractivity contribution in [3.05, 3.63) is 47.2 Å². The molecule has 122 valence electrons. The van der Waals surface area contributed by atoms with Gasteiger partial charge in [-0.3, -0.25) is 9.78 Å². The van der Waals surface area contributed by atoms with Crippen molar-refractivity contribution in [2.45, 2.75) is 19.8 Å². The van der Waals surface area contributed by atoms with Gasteiger partial charge in [0.15, 0.2) is 0 Å². The number of amides is 1. The maximum Gasteiger partial charge on any atom is 0.274 e. The first-order valence-electron chi connectivity index (χ1n) is 7.49. The molecule has 2 rings (SSSR count). The van der Waals surface area contributed by atoms with E-state index in [4.69, 9.17) is 16.3 Å². The first-order chi connectivity index (χ1) is 11.1. The summed E-state index contributed by atoms with van der Waals surface area (Å²) in [5.41, 5.74) is 1.71. The maximum atomic E-state index is 12.4. The highest BCUT2D eigenvalue weighted by Gasteiger charge is 2.12. The minimum absolute atomic E-state index is 0.315. The summed E-state index contributed by atoms with van der Waals surface area (Å²) in [5, 5.41) is 6.56. The summed E-state index contributed by atoms with van der Waals surface area (Å²) in [5.74, 6) is 0.227. The average Bonchev–Trinajstić information content (AvgIpc) is 2.55. The molecule has 1 aromatic heterocycles. The summed E-state index contributed by atoms with van der Waals surface area (Å²) < 4.78 is 5.22. The smallest absolute Gasteiger partial charge is 0.274 e. The number of hydrogen-bond acceptors (Lipinski definition) is 4. The van der Waals surface area contributed by atoms with Crippen molar-refractivity contribution in [1.82, 2.24) is 4.98 Å². The zero-order valence-electron chi connectivity index (χ0n) is 13.2. The standard InChI is InChI=1S/C17H20ClN3O2/c1-3-4-8-19-13-7-9-20-15(11-13)17(22)21-14-10-12(18)5-6-16(14)23-2/h5-7,9-11H,3-4,8H2,1-2H3,(H,19,20)(H,21,22). The van der Waals surface area contributed by atoms with Gasteiger partial charge < -0.3 is 15.4 Å². The van der Waals surface area contributed by atoms with Gasteiger partial charge in [-0.05, 0) is 36.8 Å². The topological polar surface area (TPSA) is 63.2 Å². The third-order valence-electron chi connectivity index (χ3n) is 3.26.